The van der Waals surface area contributed by atoms with Crippen LogP contribution < -0.4 is 15.8 Å². The molecule has 0 bridgehead atoms. The highest BCUT2D eigenvalue weighted by molar-refractivity contribution is 5.98. The van der Waals surface area contributed by atoms with Gasteiger partial charge in [0.1, 0.15) is 35.2 Å². The average Bonchev–Trinajstić information content (AvgIpc) is 3.33. The summed E-state index contributed by atoms with van der Waals surface area (Å²) >= 11 is 0. The number of likely N-dealkylation sites (tertiary alicyclic amines) is 1. The van der Waals surface area contributed by atoms with Crippen LogP contribution in [-0.4, -0.2) is 62.0 Å². The van der Waals surface area contributed by atoms with E-state index in [9.17, 15) is 19.1 Å². The fraction of sp³-hybridized carbons (Fsp3) is 0.269. The Morgan fingerprint density at radius 1 is 1.21 bits per heavy atom. The second-order valence-electron chi connectivity index (χ2n) is 9.11. The lowest BCUT2D eigenvalue weighted by Crippen LogP contribution is -2.40. The molecule has 0 aliphatic carbocycles. The number of piperidine rings is 1. The highest BCUT2D eigenvalue weighted by atomic mass is 19.1. The minimum atomic E-state index is -1.01. The smallest absolute Gasteiger partial charge is 0.407 e. The first kappa shape index (κ1) is 25.8. The number of carbonyl (C=O) groups excluding carboxylic acids is 1. The standard InChI is InChI=1S/C26H25F2N7O4/c1-39-20-10-16(27)6-7-18(20)25(36)30-11-15-5-4-14(9-19(15)28)22-21-23(29)31-13-32-24(21)35(33-22)17-3-2-8-34(12-17)26(37)38/h4-7,9-10,13,17H,2-3,8,11-12H2,1H3,(H,30,36)(H,37,38)(H2,29,31,32)/t17-/m1/s1. The SMILES string of the molecule is COc1cc(F)ccc1C(=O)NCc1ccc(-c2nn([C@@H]3CCCN(C(=O)O)C3)c3ncnc(N)c23)cc1F. The lowest BCUT2D eigenvalue weighted by atomic mass is 10.1. The molecule has 13 heteroatoms. The van der Waals surface area contributed by atoms with Crippen molar-refractivity contribution >= 4 is 28.9 Å². The molecule has 0 radical (unpaired) electrons. The Labute approximate surface area is 221 Å². The average molecular weight is 538 g/mol. The molecular formula is C26H25F2N7O4. The van der Waals surface area contributed by atoms with E-state index in [4.69, 9.17) is 10.5 Å². The lowest BCUT2D eigenvalue weighted by Gasteiger charge is -2.30. The summed E-state index contributed by atoms with van der Waals surface area (Å²) in [5.41, 5.74) is 7.71. The number of hydrogen-bond donors (Lipinski definition) is 3. The number of halogens is 2. The summed E-state index contributed by atoms with van der Waals surface area (Å²) in [6.07, 6.45) is 1.65. The predicted octanol–water partition coefficient (Wildman–Crippen LogP) is 3.61. The Bertz CT molecular complexity index is 1580. The number of amides is 2. The first-order chi connectivity index (χ1) is 18.8. The molecule has 2 amide bonds. The number of nitrogens with one attached hydrogen (secondary N) is 1. The summed E-state index contributed by atoms with van der Waals surface area (Å²) < 4.78 is 35.3. The molecule has 2 aromatic carbocycles. The molecule has 1 aliphatic heterocycles. The van der Waals surface area contributed by atoms with Gasteiger partial charge < -0.3 is 25.8 Å². The molecular weight excluding hydrogens is 512 g/mol. The summed E-state index contributed by atoms with van der Waals surface area (Å²) in [4.78, 5) is 33.9. The zero-order valence-electron chi connectivity index (χ0n) is 20.9. The number of fused-ring (bicyclic) bond motifs is 1. The molecule has 11 nitrogen and oxygen atoms in total. The van der Waals surface area contributed by atoms with Crippen LogP contribution in [0.1, 0.15) is 34.8 Å². The van der Waals surface area contributed by atoms with Crippen molar-refractivity contribution in [3.05, 3.63) is 65.5 Å². The topological polar surface area (TPSA) is 148 Å². The Hall–Kier alpha value is -4.81. The van der Waals surface area contributed by atoms with Gasteiger partial charge in [-0.1, -0.05) is 12.1 Å². The Morgan fingerprint density at radius 2 is 2.03 bits per heavy atom. The van der Waals surface area contributed by atoms with Crippen LogP contribution in [0, 0.1) is 11.6 Å². The lowest BCUT2D eigenvalue weighted by molar-refractivity contribution is 0.0947. The van der Waals surface area contributed by atoms with Gasteiger partial charge in [-0.25, -0.2) is 28.2 Å². The maximum atomic E-state index is 15.2. The van der Waals surface area contributed by atoms with E-state index in [1.54, 1.807) is 10.7 Å². The van der Waals surface area contributed by atoms with Gasteiger partial charge in [0.15, 0.2) is 5.65 Å². The number of benzene rings is 2. The van der Waals surface area contributed by atoms with Crippen LogP contribution in [0.15, 0.2) is 42.7 Å². The molecule has 5 rings (SSSR count). The number of rotatable bonds is 6. The van der Waals surface area contributed by atoms with Crippen molar-refractivity contribution in [2.45, 2.75) is 25.4 Å². The van der Waals surface area contributed by atoms with Crippen LogP contribution in [0.2, 0.25) is 0 Å². The highest BCUT2D eigenvalue weighted by Crippen LogP contribution is 2.34. The predicted molar refractivity (Wildman–Crippen MR) is 137 cm³/mol. The Kier molecular flexibility index (Phi) is 6.96. The fourth-order valence-electron chi connectivity index (χ4n) is 4.74. The van der Waals surface area contributed by atoms with E-state index < -0.39 is 23.6 Å². The number of nitrogen functional groups attached to an aromatic ring is 1. The number of ether oxygens (including phenoxy) is 1. The second-order valence-corrected chi connectivity index (χ2v) is 9.11. The molecule has 4 N–H and O–H groups in total. The zero-order valence-corrected chi connectivity index (χ0v) is 20.9. The van der Waals surface area contributed by atoms with Gasteiger partial charge >= 0.3 is 6.09 Å². The van der Waals surface area contributed by atoms with Crippen LogP contribution in [-0.2, 0) is 6.54 Å². The van der Waals surface area contributed by atoms with E-state index in [-0.39, 0.29) is 41.8 Å². The largest absolute Gasteiger partial charge is 0.496 e. The van der Waals surface area contributed by atoms with Crippen LogP contribution >= 0.6 is 0 Å². The van der Waals surface area contributed by atoms with E-state index in [1.165, 1.54) is 36.5 Å². The molecule has 0 saturated carbocycles. The van der Waals surface area contributed by atoms with Crippen molar-refractivity contribution in [2.75, 3.05) is 25.9 Å². The second kappa shape index (κ2) is 10.5. The van der Waals surface area contributed by atoms with E-state index >= 15 is 4.39 Å². The summed E-state index contributed by atoms with van der Waals surface area (Å²) in [6, 6.07) is 7.69. The molecule has 1 fully saturated rings. The fourth-order valence-corrected chi connectivity index (χ4v) is 4.74. The van der Waals surface area contributed by atoms with Gasteiger partial charge in [0.2, 0.25) is 0 Å². The third-order valence-corrected chi connectivity index (χ3v) is 6.71. The van der Waals surface area contributed by atoms with Gasteiger partial charge in [0.05, 0.1) is 24.1 Å². The van der Waals surface area contributed by atoms with Crippen LogP contribution in [0.5, 0.6) is 5.75 Å². The quantitative estimate of drug-likeness (QED) is 0.338. The number of carboxylic acid groups (broad SMARTS) is 1. The van der Waals surface area contributed by atoms with E-state index in [0.29, 0.717) is 41.7 Å². The van der Waals surface area contributed by atoms with Crippen LogP contribution in [0.4, 0.5) is 19.4 Å². The number of hydrogen-bond acceptors (Lipinski definition) is 7. The van der Waals surface area contributed by atoms with Crippen molar-refractivity contribution in [1.82, 2.24) is 30.0 Å². The molecule has 202 valence electrons. The molecule has 0 unspecified atom stereocenters. The number of carbonyl (C=O) groups is 2. The zero-order chi connectivity index (χ0) is 27.7. The maximum Gasteiger partial charge on any atom is 0.407 e. The molecule has 3 heterocycles. The van der Waals surface area contributed by atoms with Crippen molar-refractivity contribution in [3.63, 3.8) is 0 Å². The summed E-state index contributed by atoms with van der Waals surface area (Å²) in [5.74, 6) is -1.46. The summed E-state index contributed by atoms with van der Waals surface area (Å²) in [5, 5.41) is 17.2. The molecule has 39 heavy (non-hydrogen) atoms. The normalized spacial score (nSPS) is 15.4. The number of anilines is 1. The van der Waals surface area contributed by atoms with Gasteiger partial charge in [0.25, 0.3) is 5.91 Å². The number of methoxy groups -OCH3 is 1. The molecule has 0 spiro atoms. The monoisotopic (exact) mass is 537 g/mol. The molecule has 1 aliphatic rings. The molecule has 1 atom stereocenters. The van der Waals surface area contributed by atoms with Gasteiger partial charge in [-0.2, -0.15) is 5.10 Å². The third-order valence-electron chi connectivity index (χ3n) is 6.71. The number of aromatic nitrogens is 4. The molecule has 2 aromatic heterocycles. The molecule has 1 saturated heterocycles. The van der Waals surface area contributed by atoms with Gasteiger partial charge in [-0.15, -0.1) is 0 Å². The van der Waals surface area contributed by atoms with Crippen molar-refractivity contribution in [2.24, 2.45) is 0 Å². The van der Waals surface area contributed by atoms with Crippen molar-refractivity contribution < 1.29 is 28.2 Å². The highest BCUT2D eigenvalue weighted by Gasteiger charge is 2.28. The van der Waals surface area contributed by atoms with Gasteiger partial charge in [0, 0.05) is 36.8 Å². The molecule has 4 aromatic rings. The van der Waals surface area contributed by atoms with Crippen LogP contribution in [0.3, 0.4) is 0 Å². The third kappa shape index (κ3) is 5.02. The maximum absolute atomic E-state index is 15.2. The Balaban J connectivity index is 1.42. The van der Waals surface area contributed by atoms with Crippen molar-refractivity contribution in [3.8, 4) is 17.0 Å². The first-order valence-corrected chi connectivity index (χ1v) is 12.1. The summed E-state index contributed by atoms with van der Waals surface area (Å²) in [6.45, 7) is 0.548. The first-order valence-electron chi connectivity index (χ1n) is 12.1. The van der Waals surface area contributed by atoms with Crippen LogP contribution in [0.25, 0.3) is 22.3 Å². The Morgan fingerprint density at radius 3 is 2.77 bits per heavy atom. The van der Waals surface area contributed by atoms with E-state index in [1.807, 2.05) is 0 Å². The number of nitrogens with zero attached hydrogens (tertiary/aromatic N) is 5. The van der Waals surface area contributed by atoms with Gasteiger partial charge in [-0.05, 0) is 31.0 Å². The number of nitrogens with two attached hydrogens (primary N) is 1. The summed E-state index contributed by atoms with van der Waals surface area (Å²) in [7, 11) is 1.32. The minimum Gasteiger partial charge on any atom is -0.496 e. The minimum absolute atomic E-state index is 0.0648. The van der Waals surface area contributed by atoms with Crippen molar-refractivity contribution in [1.29, 1.82) is 0 Å². The van der Waals surface area contributed by atoms with Gasteiger partial charge in [-0.3, -0.25) is 4.79 Å². The van der Waals surface area contributed by atoms with E-state index in [2.05, 4.69) is 20.4 Å². The van der Waals surface area contributed by atoms with E-state index in [0.717, 1.165) is 12.1 Å².